The summed E-state index contributed by atoms with van der Waals surface area (Å²) in [6.07, 6.45) is 3.17. The minimum absolute atomic E-state index is 0.101. The van der Waals surface area contributed by atoms with Gasteiger partial charge in [-0.3, -0.25) is 4.72 Å². The predicted molar refractivity (Wildman–Crippen MR) is 76.0 cm³/mol. The lowest BCUT2D eigenvalue weighted by molar-refractivity contribution is 0.178. The van der Waals surface area contributed by atoms with E-state index in [1.807, 2.05) is 6.92 Å². The maximum Gasteiger partial charge on any atom is 0.232 e. The normalized spacial score (nSPS) is 11.9. The Morgan fingerprint density at radius 1 is 1.45 bits per heavy atom. The number of rotatable bonds is 7. The number of aromatic nitrogens is 3. The van der Waals surface area contributed by atoms with Crippen molar-refractivity contribution in [2.24, 2.45) is 0 Å². The Kier molecular flexibility index (Phi) is 4.56. The highest BCUT2D eigenvalue weighted by atomic mass is 32.2. The van der Waals surface area contributed by atoms with Gasteiger partial charge in [0.2, 0.25) is 10.0 Å². The zero-order valence-electron chi connectivity index (χ0n) is 11.5. The first-order valence-corrected chi connectivity index (χ1v) is 8.04. The van der Waals surface area contributed by atoms with E-state index in [0.717, 1.165) is 6.42 Å². The Morgan fingerprint density at radius 3 is 2.95 bits per heavy atom. The van der Waals surface area contributed by atoms with Crippen LogP contribution >= 0.6 is 0 Å². The minimum Gasteiger partial charge on any atom is -0.377 e. The van der Waals surface area contributed by atoms with Crippen LogP contribution in [0.25, 0.3) is 5.65 Å². The van der Waals surface area contributed by atoms with Crippen molar-refractivity contribution in [2.45, 2.75) is 26.4 Å². The number of pyridine rings is 1. The molecule has 0 aromatic carbocycles. The molecule has 8 heteroatoms. The van der Waals surface area contributed by atoms with E-state index in [4.69, 9.17) is 4.74 Å². The van der Waals surface area contributed by atoms with Crippen LogP contribution in [0.15, 0.2) is 18.3 Å². The lowest BCUT2D eigenvalue weighted by Crippen LogP contribution is -2.17. The van der Waals surface area contributed by atoms with Gasteiger partial charge in [-0.25, -0.2) is 17.9 Å². The van der Waals surface area contributed by atoms with Gasteiger partial charge in [0.25, 0.3) is 0 Å². The molecule has 110 valence electrons. The van der Waals surface area contributed by atoms with E-state index in [2.05, 4.69) is 14.8 Å². The largest absolute Gasteiger partial charge is 0.377 e. The number of sulfonamides is 1. The van der Waals surface area contributed by atoms with E-state index in [-0.39, 0.29) is 12.4 Å². The summed E-state index contributed by atoms with van der Waals surface area (Å²) >= 11 is 0. The van der Waals surface area contributed by atoms with Crippen LogP contribution < -0.4 is 4.72 Å². The monoisotopic (exact) mass is 298 g/mol. The van der Waals surface area contributed by atoms with E-state index in [1.165, 1.54) is 4.52 Å². The van der Waals surface area contributed by atoms with Gasteiger partial charge >= 0.3 is 0 Å². The Labute approximate surface area is 118 Å². The third kappa shape index (κ3) is 3.45. The first-order chi connectivity index (χ1) is 9.55. The average molecular weight is 298 g/mol. The Hall–Kier alpha value is -1.67. The van der Waals surface area contributed by atoms with Crippen LogP contribution in [0.3, 0.4) is 0 Å². The molecule has 2 heterocycles. The highest BCUT2D eigenvalue weighted by molar-refractivity contribution is 7.92. The number of nitrogens with one attached hydrogen (secondary N) is 1. The number of methoxy groups -OCH3 is 1. The fourth-order valence-electron chi connectivity index (χ4n) is 1.77. The SMILES string of the molecule is CCCCS(=O)(=O)Nc1cccn2nc(COC)nc12. The van der Waals surface area contributed by atoms with Gasteiger partial charge in [-0.05, 0) is 18.6 Å². The molecule has 0 unspecified atom stereocenters. The number of hydrogen-bond acceptors (Lipinski definition) is 5. The van der Waals surface area contributed by atoms with Crippen molar-refractivity contribution in [1.29, 1.82) is 0 Å². The van der Waals surface area contributed by atoms with Crippen LogP contribution in [0.4, 0.5) is 5.69 Å². The quantitative estimate of drug-likeness (QED) is 0.835. The van der Waals surface area contributed by atoms with Gasteiger partial charge in [-0.15, -0.1) is 5.10 Å². The van der Waals surface area contributed by atoms with Crippen LogP contribution in [-0.2, 0) is 21.4 Å². The minimum atomic E-state index is -3.35. The van der Waals surface area contributed by atoms with Gasteiger partial charge < -0.3 is 4.74 Å². The fraction of sp³-hybridized carbons (Fsp3) is 0.500. The molecule has 0 radical (unpaired) electrons. The Bertz CT molecular complexity index is 681. The maximum absolute atomic E-state index is 11.9. The van der Waals surface area contributed by atoms with Gasteiger partial charge in [0.1, 0.15) is 6.61 Å². The Morgan fingerprint density at radius 2 is 2.25 bits per heavy atom. The third-order valence-corrected chi connectivity index (χ3v) is 4.07. The summed E-state index contributed by atoms with van der Waals surface area (Å²) in [6.45, 7) is 2.23. The van der Waals surface area contributed by atoms with Crippen molar-refractivity contribution < 1.29 is 13.2 Å². The third-order valence-electron chi connectivity index (χ3n) is 2.71. The summed E-state index contributed by atoms with van der Waals surface area (Å²) in [5.41, 5.74) is 0.901. The molecule has 0 aliphatic heterocycles. The molecule has 0 saturated carbocycles. The molecule has 7 nitrogen and oxygen atoms in total. The lowest BCUT2D eigenvalue weighted by Gasteiger charge is -2.07. The molecule has 0 aliphatic rings. The summed E-state index contributed by atoms with van der Waals surface area (Å²) in [4.78, 5) is 4.27. The summed E-state index contributed by atoms with van der Waals surface area (Å²) in [7, 11) is -1.80. The summed E-state index contributed by atoms with van der Waals surface area (Å²) in [6, 6.07) is 3.39. The number of hydrogen-bond donors (Lipinski definition) is 1. The fourth-order valence-corrected chi connectivity index (χ4v) is 3.04. The second-order valence-electron chi connectivity index (χ2n) is 4.43. The van der Waals surface area contributed by atoms with Gasteiger partial charge in [-0.2, -0.15) is 0 Å². The van der Waals surface area contributed by atoms with Crippen LogP contribution in [0, 0.1) is 0 Å². The van der Waals surface area contributed by atoms with Crippen molar-refractivity contribution in [1.82, 2.24) is 14.6 Å². The molecular formula is C12H18N4O3S. The number of anilines is 1. The summed E-state index contributed by atoms with van der Waals surface area (Å²) in [5.74, 6) is 0.608. The second kappa shape index (κ2) is 6.19. The van der Waals surface area contributed by atoms with Crippen LogP contribution in [0.2, 0.25) is 0 Å². The van der Waals surface area contributed by atoms with Crippen molar-refractivity contribution in [2.75, 3.05) is 17.6 Å². The predicted octanol–water partition coefficient (Wildman–Crippen LogP) is 1.42. The highest BCUT2D eigenvalue weighted by Crippen LogP contribution is 2.17. The maximum atomic E-state index is 11.9. The van der Waals surface area contributed by atoms with Gasteiger partial charge in [0, 0.05) is 13.3 Å². The molecule has 0 aliphatic carbocycles. The van der Waals surface area contributed by atoms with Crippen molar-refractivity contribution in [3.05, 3.63) is 24.2 Å². The van der Waals surface area contributed by atoms with E-state index in [0.29, 0.717) is 23.6 Å². The van der Waals surface area contributed by atoms with E-state index >= 15 is 0 Å². The molecule has 1 N–H and O–H groups in total. The van der Waals surface area contributed by atoms with E-state index in [1.54, 1.807) is 25.4 Å². The second-order valence-corrected chi connectivity index (χ2v) is 6.27. The van der Waals surface area contributed by atoms with Crippen molar-refractivity contribution in [3.8, 4) is 0 Å². The van der Waals surface area contributed by atoms with Gasteiger partial charge in [-0.1, -0.05) is 13.3 Å². The number of ether oxygens (including phenoxy) is 1. The highest BCUT2D eigenvalue weighted by Gasteiger charge is 2.14. The molecule has 0 spiro atoms. The molecule has 2 aromatic rings. The molecule has 0 amide bonds. The molecule has 2 aromatic heterocycles. The Balaban J connectivity index is 2.30. The number of unbranched alkanes of at least 4 members (excludes halogenated alkanes) is 1. The van der Waals surface area contributed by atoms with E-state index < -0.39 is 10.0 Å². The van der Waals surface area contributed by atoms with Crippen molar-refractivity contribution in [3.63, 3.8) is 0 Å². The lowest BCUT2D eigenvalue weighted by atomic mass is 10.4. The first-order valence-electron chi connectivity index (χ1n) is 6.39. The summed E-state index contributed by atoms with van der Waals surface area (Å²) < 4.78 is 33.0. The van der Waals surface area contributed by atoms with Gasteiger partial charge in [0.15, 0.2) is 11.5 Å². The van der Waals surface area contributed by atoms with Crippen LogP contribution in [0.5, 0.6) is 0 Å². The summed E-state index contributed by atoms with van der Waals surface area (Å²) in [5, 5.41) is 4.20. The standard InChI is InChI=1S/C12H18N4O3S/c1-3-4-8-20(17,18)15-10-6-5-7-16-12(10)13-11(14-16)9-19-2/h5-7,15H,3-4,8-9H2,1-2H3. The van der Waals surface area contributed by atoms with Crippen LogP contribution in [-0.4, -0.2) is 35.9 Å². The van der Waals surface area contributed by atoms with Gasteiger partial charge in [0.05, 0.1) is 11.4 Å². The molecule has 20 heavy (non-hydrogen) atoms. The van der Waals surface area contributed by atoms with Crippen LogP contribution in [0.1, 0.15) is 25.6 Å². The van der Waals surface area contributed by atoms with E-state index in [9.17, 15) is 8.42 Å². The molecular weight excluding hydrogens is 280 g/mol. The zero-order chi connectivity index (χ0) is 14.6. The number of fused-ring (bicyclic) bond motifs is 1. The topological polar surface area (TPSA) is 85.6 Å². The molecule has 0 fully saturated rings. The molecule has 0 atom stereocenters. The first kappa shape index (κ1) is 14.7. The smallest absolute Gasteiger partial charge is 0.232 e. The molecule has 0 saturated heterocycles. The molecule has 2 rings (SSSR count). The average Bonchev–Trinajstić information content (AvgIpc) is 2.80. The molecule has 0 bridgehead atoms. The number of nitrogens with zero attached hydrogens (tertiary/aromatic N) is 3. The van der Waals surface area contributed by atoms with Crippen molar-refractivity contribution >= 4 is 21.4 Å². The zero-order valence-corrected chi connectivity index (χ0v) is 12.4.